The first kappa shape index (κ1) is 10.9. The van der Waals surface area contributed by atoms with Crippen molar-refractivity contribution in [1.82, 2.24) is 0 Å². The first-order valence-electron chi connectivity index (χ1n) is 3.39. The lowest BCUT2D eigenvalue weighted by molar-refractivity contribution is 0.101. The molecule has 0 amide bonds. The predicted octanol–water partition coefficient (Wildman–Crippen LogP) is 2.82. The fourth-order valence-electron chi connectivity index (χ4n) is 0.733. The molecule has 0 aliphatic rings. The zero-order valence-corrected chi connectivity index (χ0v) is 9.61. The SMILES string of the molecule is COC(C)CC(CBr)CBr. The van der Waals surface area contributed by atoms with Gasteiger partial charge in [0.2, 0.25) is 0 Å². The van der Waals surface area contributed by atoms with E-state index < -0.39 is 0 Å². The minimum absolute atomic E-state index is 0.375. The maximum Gasteiger partial charge on any atom is 0.0546 e. The number of alkyl halides is 2. The van der Waals surface area contributed by atoms with Gasteiger partial charge >= 0.3 is 0 Å². The Balaban J connectivity index is 3.41. The summed E-state index contributed by atoms with van der Waals surface area (Å²) in [6.45, 7) is 2.10. The zero-order chi connectivity index (χ0) is 7.98. The fourth-order valence-corrected chi connectivity index (χ4v) is 2.33. The molecule has 0 aromatic rings. The largest absolute Gasteiger partial charge is 0.382 e. The van der Waals surface area contributed by atoms with Crippen molar-refractivity contribution in [2.24, 2.45) is 5.92 Å². The van der Waals surface area contributed by atoms with Crippen LogP contribution in [0.5, 0.6) is 0 Å². The van der Waals surface area contributed by atoms with Crippen molar-refractivity contribution in [1.29, 1.82) is 0 Å². The number of methoxy groups -OCH3 is 1. The van der Waals surface area contributed by atoms with Crippen LogP contribution in [-0.4, -0.2) is 23.9 Å². The van der Waals surface area contributed by atoms with Gasteiger partial charge in [-0.3, -0.25) is 0 Å². The third kappa shape index (κ3) is 4.69. The monoisotopic (exact) mass is 272 g/mol. The van der Waals surface area contributed by atoms with Gasteiger partial charge in [0.25, 0.3) is 0 Å². The van der Waals surface area contributed by atoms with Gasteiger partial charge in [-0.05, 0) is 19.3 Å². The van der Waals surface area contributed by atoms with Gasteiger partial charge in [0.1, 0.15) is 0 Å². The van der Waals surface area contributed by atoms with E-state index in [1.807, 2.05) is 0 Å². The van der Waals surface area contributed by atoms with Crippen molar-refractivity contribution in [2.75, 3.05) is 17.8 Å². The molecule has 0 spiro atoms. The Morgan fingerprint density at radius 1 is 1.30 bits per heavy atom. The van der Waals surface area contributed by atoms with Gasteiger partial charge in [0.15, 0.2) is 0 Å². The average Bonchev–Trinajstić information content (AvgIpc) is 1.99. The Bertz CT molecular complexity index is 74.0. The number of hydrogen-bond acceptors (Lipinski definition) is 1. The van der Waals surface area contributed by atoms with Crippen molar-refractivity contribution in [2.45, 2.75) is 19.4 Å². The van der Waals surface area contributed by atoms with E-state index in [9.17, 15) is 0 Å². The van der Waals surface area contributed by atoms with Gasteiger partial charge in [-0.25, -0.2) is 0 Å². The smallest absolute Gasteiger partial charge is 0.0546 e. The van der Waals surface area contributed by atoms with E-state index >= 15 is 0 Å². The number of rotatable bonds is 5. The Kier molecular flexibility index (Phi) is 7.23. The van der Waals surface area contributed by atoms with Crippen LogP contribution in [0.3, 0.4) is 0 Å². The minimum atomic E-state index is 0.375. The maximum atomic E-state index is 5.14. The highest BCUT2D eigenvalue weighted by molar-refractivity contribution is 9.09. The molecule has 0 aromatic heterocycles. The third-order valence-electron chi connectivity index (χ3n) is 1.50. The molecular weight excluding hydrogens is 260 g/mol. The normalized spacial score (nSPS) is 14.1. The molecule has 62 valence electrons. The molecular formula is C7H14Br2O. The van der Waals surface area contributed by atoms with Gasteiger partial charge in [0, 0.05) is 17.8 Å². The first-order chi connectivity index (χ1) is 4.74. The van der Waals surface area contributed by atoms with Gasteiger partial charge in [-0.1, -0.05) is 31.9 Å². The summed E-state index contributed by atoms with van der Waals surface area (Å²) in [5.41, 5.74) is 0. The van der Waals surface area contributed by atoms with E-state index in [-0.39, 0.29) is 0 Å². The molecule has 0 rings (SSSR count). The second-order valence-corrected chi connectivity index (χ2v) is 3.75. The first-order valence-corrected chi connectivity index (χ1v) is 5.63. The number of hydrogen-bond donors (Lipinski definition) is 0. The van der Waals surface area contributed by atoms with Crippen LogP contribution in [0.2, 0.25) is 0 Å². The summed E-state index contributed by atoms with van der Waals surface area (Å²) in [7, 11) is 1.75. The van der Waals surface area contributed by atoms with Gasteiger partial charge < -0.3 is 4.74 Å². The molecule has 0 bridgehead atoms. The Morgan fingerprint density at radius 3 is 2.10 bits per heavy atom. The van der Waals surface area contributed by atoms with Crippen LogP contribution in [0.15, 0.2) is 0 Å². The second kappa shape index (κ2) is 6.62. The van der Waals surface area contributed by atoms with E-state index in [0.717, 1.165) is 17.1 Å². The summed E-state index contributed by atoms with van der Waals surface area (Å²) < 4.78 is 5.14. The Morgan fingerprint density at radius 2 is 1.80 bits per heavy atom. The van der Waals surface area contributed by atoms with Gasteiger partial charge in [-0.2, -0.15) is 0 Å². The highest BCUT2D eigenvalue weighted by Crippen LogP contribution is 2.13. The van der Waals surface area contributed by atoms with E-state index in [2.05, 4.69) is 38.8 Å². The van der Waals surface area contributed by atoms with E-state index in [1.54, 1.807) is 7.11 Å². The van der Waals surface area contributed by atoms with Crippen LogP contribution >= 0.6 is 31.9 Å². The molecule has 0 heterocycles. The van der Waals surface area contributed by atoms with Gasteiger partial charge in [0.05, 0.1) is 6.10 Å². The van der Waals surface area contributed by atoms with Crippen LogP contribution in [0, 0.1) is 5.92 Å². The third-order valence-corrected chi connectivity index (χ3v) is 3.34. The van der Waals surface area contributed by atoms with E-state index in [0.29, 0.717) is 12.0 Å². The topological polar surface area (TPSA) is 9.23 Å². The summed E-state index contributed by atoms with van der Waals surface area (Å²) in [4.78, 5) is 0. The lowest BCUT2D eigenvalue weighted by Crippen LogP contribution is -2.14. The molecule has 0 aromatic carbocycles. The summed E-state index contributed by atoms with van der Waals surface area (Å²) in [5.74, 6) is 0.690. The number of halogens is 2. The molecule has 0 aliphatic carbocycles. The molecule has 1 atom stereocenters. The quantitative estimate of drug-likeness (QED) is 0.700. The van der Waals surface area contributed by atoms with E-state index in [4.69, 9.17) is 4.74 Å². The molecule has 0 saturated heterocycles. The second-order valence-electron chi connectivity index (χ2n) is 2.46. The van der Waals surface area contributed by atoms with Crippen molar-refractivity contribution >= 4 is 31.9 Å². The van der Waals surface area contributed by atoms with Crippen LogP contribution in [0.4, 0.5) is 0 Å². The molecule has 3 heteroatoms. The van der Waals surface area contributed by atoms with Crippen molar-refractivity contribution in [3.63, 3.8) is 0 Å². The number of ether oxygens (including phenoxy) is 1. The lowest BCUT2D eigenvalue weighted by atomic mass is 10.1. The van der Waals surface area contributed by atoms with Crippen LogP contribution < -0.4 is 0 Å². The van der Waals surface area contributed by atoms with Crippen molar-refractivity contribution < 1.29 is 4.74 Å². The summed E-state index contributed by atoms with van der Waals surface area (Å²) >= 11 is 6.90. The molecule has 0 radical (unpaired) electrons. The highest BCUT2D eigenvalue weighted by atomic mass is 79.9. The summed E-state index contributed by atoms with van der Waals surface area (Å²) in [5, 5.41) is 2.10. The van der Waals surface area contributed by atoms with Crippen molar-refractivity contribution in [3.05, 3.63) is 0 Å². The molecule has 0 fully saturated rings. The highest BCUT2D eigenvalue weighted by Gasteiger charge is 2.09. The molecule has 0 saturated carbocycles. The van der Waals surface area contributed by atoms with Crippen LogP contribution in [-0.2, 0) is 4.74 Å². The average molecular weight is 274 g/mol. The Labute approximate surface area is 79.8 Å². The maximum absolute atomic E-state index is 5.14. The van der Waals surface area contributed by atoms with E-state index in [1.165, 1.54) is 0 Å². The molecule has 1 nitrogen and oxygen atoms in total. The fraction of sp³-hybridized carbons (Fsp3) is 1.00. The van der Waals surface area contributed by atoms with Crippen molar-refractivity contribution in [3.8, 4) is 0 Å². The van der Waals surface area contributed by atoms with Crippen LogP contribution in [0.25, 0.3) is 0 Å². The molecule has 1 unspecified atom stereocenters. The molecule has 0 N–H and O–H groups in total. The standard InChI is InChI=1S/C7H14Br2O/c1-6(10-2)3-7(4-8)5-9/h6-7H,3-5H2,1-2H3. The zero-order valence-electron chi connectivity index (χ0n) is 6.44. The molecule has 0 aliphatic heterocycles. The van der Waals surface area contributed by atoms with Gasteiger partial charge in [-0.15, -0.1) is 0 Å². The summed E-state index contributed by atoms with van der Waals surface area (Å²) in [6.07, 6.45) is 1.49. The lowest BCUT2D eigenvalue weighted by Gasteiger charge is -2.14. The Hall–Kier alpha value is 0.920. The predicted molar refractivity (Wildman–Crippen MR) is 52.2 cm³/mol. The minimum Gasteiger partial charge on any atom is -0.382 e. The molecule has 10 heavy (non-hydrogen) atoms. The van der Waals surface area contributed by atoms with Crippen LogP contribution in [0.1, 0.15) is 13.3 Å². The summed E-state index contributed by atoms with van der Waals surface area (Å²) in [6, 6.07) is 0.